The van der Waals surface area contributed by atoms with Crippen LogP contribution in [0.3, 0.4) is 0 Å². The van der Waals surface area contributed by atoms with E-state index >= 15 is 0 Å². The molecule has 3 nitrogen and oxygen atoms in total. The van der Waals surface area contributed by atoms with Crippen molar-refractivity contribution in [2.45, 2.75) is 26.2 Å². The predicted molar refractivity (Wildman–Crippen MR) is 108 cm³/mol. The lowest BCUT2D eigenvalue weighted by Gasteiger charge is -2.18. The summed E-state index contributed by atoms with van der Waals surface area (Å²) < 4.78 is 6.58. The maximum Gasteiger partial charge on any atom is 0.363 e. The summed E-state index contributed by atoms with van der Waals surface area (Å²) in [5, 5.41) is 3.16. The quantitative estimate of drug-likeness (QED) is 0.444. The lowest BCUT2D eigenvalue weighted by atomic mass is 9.87. The topological polar surface area (TPSA) is 38.7 Å². The molecule has 2 heterocycles. The van der Waals surface area contributed by atoms with Crippen LogP contribution in [0.1, 0.15) is 37.5 Å². The fraction of sp³-hybridized carbons (Fsp3) is 0.182. The van der Waals surface area contributed by atoms with Crippen molar-refractivity contribution in [3.8, 4) is 0 Å². The number of fused-ring (bicyclic) bond motifs is 1. The van der Waals surface area contributed by atoms with Gasteiger partial charge in [0.15, 0.2) is 5.70 Å². The number of carbonyl (C=O) groups is 1. The lowest BCUT2D eigenvalue weighted by molar-refractivity contribution is -0.129. The molecule has 0 N–H and O–H groups in total. The van der Waals surface area contributed by atoms with Gasteiger partial charge < -0.3 is 4.74 Å². The van der Waals surface area contributed by atoms with Crippen LogP contribution in [0.2, 0.25) is 0 Å². The van der Waals surface area contributed by atoms with Crippen LogP contribution in [0.15, 0.2) is 64.6 Å². The summed E-state index contributed by atoms with van der Waals surface area (Å²) in [6.07, 6.45) is 1.80. The molecule has 0 bridgehead atoms. The number of esters is 1. The zero-order chi connectivity index (χ0) is 18.3. The van der Waals surface area contributed by atoms with Gasteiger partial charge in [-0.15, -0.1) is 11.3 Å². The van der Waals surface area contributed by atoms with Crippen LogP contribution in [0.25, 0.3) is 16.2 Å². The van der Waals surface area contributed by atoms with Crippen molar-refractivity contribution in [2.75, 3.05) is 0 Å². The molecule has 4 heteroatoms. The molecule has 0 spiro atoms. The fourth-order valence-electron chi connectivity index (χ4n) is 2.90. The van der Waals surface area contributed by atoms with Crippen LogP contribution in [-0.4, -0.2) is 11.9 Å². The molecule has 0 saturated carbocycles. The number of thiophene rings is 1. The van der Waals surface area contributed by atoms with Crippen LogP contribution < -0.4 is 0 Å². The van der Waals surface area contributed by atoms with E-state index in [0.717, 1.165) is 16.5 Å². The standard InChI is InChI=1S/C22H19NO2S/c1-22(2,3)16-10-8-14(9-11-16)20-23-18(21(24)25-20)12-15-13-26-19-7-5-4-6-17(15)19/h4-13H,1-3H3/b18-12+. The minimum Gasteiger partial charge on any atom is -0.402 e. The number of ether oxygens (including phenoxy) is 1. The van der Waals surface area contributed by atoms with Crippen molar-refractivity contribution >= 4 is 39.4 Å². The molecule has 0 fully saturated rings. The van der Waals surface area contributed by atoms with E-state index in [-0.39, 0.29) is 5.41 Å². The summed E-state index contributed by atoms with van der Waals surface area (Å²) in [6.45, 7) is 6.50. The molecule has 130 valence electrons. The van der Waals surface area contributed by atoms with Crippen molar-refractivity contribution in [1.82, 2.24) is 0 Å². The van der Waals surface area contributed by atoms with Crippen molar-refractivity contribution in [2.24, 2.45) is 4.99 Å². The maximum absolute atomic E-state index is 12.2. The molecule has 0 saturated heterocycles. The van der Waals surface area contributed by atoms with Gasteiger partial charge in [0.05, 0.1) is 0 Å². The van der Waals surface area contributed by atoms with E-state index in [1.54, 1.807) is 17.4 Å². The van der Waals surface area contributed by atoms with Crippen LogP contribution in [0, 0.1) is 0 Å². The molecule has 3 aromatic rings. The van der Waals surface area contributed by atoms with E-state index in [9.17, 15) is 4.79 Å². The van der Waals surface area contributed by atoms with Gasteiger partial charge in [0, 0.05) is 10.3 Å². The van der Waals surface area contributed by atoms with Crippen molar-refractivity contribution in [3.63, 3.8) is 0 Å². The van der Waals surface area contributed by atoms with Crippen LogP contribution in [0.5, 0.6) is 0 Å². The molecule has 2 aromatic carbocycles. The van der Waals surface area contributed by atoms with Gasteiger partial charge in [-0.1, -0.05) is 51.1 Å². The number of benzene rings is 2. The van der Waals surface area contributed by atoms with Crippen LogP contribution in [0.4, 0.5) is 0 Å². The average Bonchev–Trinajstić information content (AvgIpc) is 3.19. The van der Waals surface area contributed by atoms with Gasteiger partial charge in [-0.3, -0.25) is 0 Å². The van der Waals surface area contributed by atoms with E-state index in [4.69, 9.17) is 4.74 Å². The molecular formula is C22H19NO2S. The molecule has 26 heavy (non-hydrogen) atoms. The molecule has 1 aliphatic heterocycles. The summed E-state index contributed by atoms with van der Waals surface area (Å²) in [5.74, 6) is -0.0450. The van der Waals surface area contributed by atoms with Gasteiger partial charge in [-0.25, -0.2) is 9.79 Å². The first-order chi connectivity index (χ1) is 12.4. The number of rotatable bonds is 2. The summed E-state index contributed by atoms with van der Waals surface area (Å²) in [7, 11) is 0. The normalized spacial score (nSPS) is 16.2. The van der Waals surface area contributed by atoms with Gasteiger partial charge in [0.1, 0.15) is 0 Å². The monoisotopic (exact) mass is 361 g/mol. The number of aliphatic imine (C=N–C) groups is 1. The zero-order valence-corrected chi connectivity index (χ0v) is 15.8. The third-order valence-corrected chi connectivity index (χ3v) is 5.40. The molecule has 4 rings (SSSR count). The highest BCUT2D eigenvalue weighted by Crippen LogP contribution is 2.29. The Morgan fingerprint density at radius 3 is 2.50 bits per heavy atom. The highest BCUT2D eigenvalue weighted by Gasteiger charge is 2.25. The van der Waals surface area contributed by atoms with E-state index in [1.807, 2.05) is 35.7 Å². The molecule has 0 amide bonds. The summed E-state index contributed by atoms with van der Waals surface area (Å²) >= 11 is 1.65. The van der Waals surface area contributed by atoms with Gasteiger partial charge in [-0.2, -0.15) is 0 Å². The molecule has 0 aliphatic carbocycles. The Morgan fingerprint density at radius 2 is 1.77 bits per heavy atom. The average molecular weight is 361 g/mol. The minimum absolute atomic E-state index is 0.0811. The summed E-state index contributed by atoms with van der Waals surface area (Å²) in [6, 6.07) is 16.1. The van der Waals surface area contributed by atoms with Gasteiger partial charge in [0.25, 0.3) is 0 Å². The summed E-state index contributed by atoms with van der Waals surface area (Å²) in [5.41, 5.74) is 3.45. The molecule has 1 aromatic heterocycles. The van der Waals surface area contributed by atoms with Gasteiger partial charge >= 0.3 is 5.97 Å². The second-order valence-corrected chi connectivity index (χ2v) is 8.26. The van der Waals surface area contributed by atoms with Gasteiger partial charge in [-0.05, 0) is 51.6 Å². The molecule has 1 aliphatic rings. The molecular weight excluding hydrogens is 342 g/mol. The first-order valence-electron chi connectivity index (χ1n) is 8.51. The number of carbonyl (C=O) groups excluding carboxylic acids is 1. The first-order valence-corrected chi connectivity index (χ1v) is 9.39. The Morgan fingerprint density at radius 1 is 1.04 bits per heavy atom. The minimum atomic E-state index is -0.407. The Bertz CT molecular complexity index is 1050. The largest absolute Gasteiger partial charge is 0.402 e. The second kappa shape index (κ2) is 6.22. The Hall–Kier alpha value is -2.72. The van der Waals surface area contributed by atoms with E-state index in [2.05, 4.69) is 44.0 Å². The Kier molecular flexibility index (Phi) is 4.00. The third kappa shape index (κ3) is 3.08. The van der Waals surface area contributed by atoms with Crippen LogP contribution in [-0.2, 0) is 14.9 Å². The Labute approximate surface area is 156 Å². The number of nitrogens with zero attached hydrogens (tertiary/aromatic N) is 1. The third-order valence-electron chi connectivity index (χ3n) is 4.42. The van der Waals surface area contributed by atoms with E-state index in [0.29, 0.717) is 11.6 Å². The fourth-order valence-corrected chi connectivity index (χ4v) is 3.82. The van der Waals surface area contributed by atoms with Crippen LogP contribution >= 0.6 is 11.3 Å². The highest BCUT2D eigenvalue weighted by atomic mass is 32.1. The smallest absolute Gasteiger partial charge is 0.363 e. The molecule has 0 unspecified atom stereocenters. The highest BCUT2D eigenvalue weighted by molar-refractivity contribution is 7.17. The van der Waals surface area contributed by atoms with E-state index < -0.39 is 5.97 Å². The first kappa shape index (κ1) is 16.7. The van der Waals surface area contributed by atoms with Crippen molar-refractivity contribution in [1.29, 1.82) is 0 Å². The van der Waals surface area contributed by atoms with Gasteiger partial charge in [0.2, 0.25) is 5.90 Å². The maximum atomic E-state index is 12.2. The number of cyclic esters (lactones) is 1. The predicted octanol–water partition coefficient (Wildman–Crippen LogP) is 5.54. The Balaban J connectivity index is 1.67. The number of hydrogen-bond donors (Lipinski definition) is 0. The van der Waals surface area contributed by atoms with Crippen molar-refractivity contribution < 1.29 is 9.53 Å². The second-order valence-electron chi connectivity index (χ2n) is 7.35. The SMILES string of the molecule is CC(C)(C)c1ccc(C2=N/C(=C/c3csc4ccccc34)C(=O)O2)cc1. The lowest BCUT2D eigenvalue weighted by Crippen LogP contribution is -2.11. The van der Waals surface area contributed by atoms with Crippen molar-refractivity contribution in [3.05, 3.63) is 76.3 Å². The van der Waals surface area contributed by atoms with E-state index in [1.165, 1.54) is 10.3 Å². The zero-order valence-electron chi connectivity index (χ0n) is 14.9. The molecule has 0 atom stereocenters. The molecule has 0 radical (unpaired) electrons. The number of hydrogen-bond acceptors (Lipinski definition) is 4. The summed E-state index contributed by atoms with van der Waals surface area (Å²) in [4.78, 5) is 16.7.